The molecule has 2 aromatic carbocycles. The lowest BCUT2D eigenvalue weighted by atomic mass is 10.2. The average Bonchev–Trinajstić information content (AvgIpc) is 2.66. The third kappa shape index (κ3) is 5.14. The van der Waals surface area contributed by atoms with Gasteiger partial charge in [-0.3, -0.25) is 9.59 Å². The van der Waals surface area contributed by atoms with Crippen molar-refractivity contribution in [2.45, 2.75) is 11.8 Å². The Kier molecular flexibility index (Phi) is 6.30. The van der Waals surface area contributed by atoms with Crippen LogP contribution in [0, 0.1) is 0 Å². The Hall–Kier alpha value is -3.20. The van der Waals surface area contributed by atoms with E-state index in [0.717, 1.165) is 0 Å². The molecule has 0 unspecified atom stereocenters. The van der Waals surface area contributed by atoms with Crippen molar-refractivity contribution in [1.82, 2.24) is 0 Å². The molecule has 0 fully saturated rings. The minimum absolute atomic E-state index is 0.127. The fraction of sp³-hybridized carbons (Fsp3) is 0.167. The zero-order valence-electron chi connectivity index (χ0n) is 14.5. The number of carbonyl (C=O) groups is 3. The van der Waals surface area contributed by atoms with Crippen molar-refractivity contribution in [3.05, 3.63) is 59.7 Å². The summed E-state index contributed by atoms with van der Waals surface area (Å²) in [6.07, 6.45) is 0. The second-order valence-corrected chi connectivity index (χ2v) is 7.71. The number of amides is 2. The molecule has 0 aliphatic carbocycles. The predicted octanol–water partition coefficient (Wildman–Crippen LogP) is 1.37. The van der Waals surface area contributed by atoms with Crippen molar-refractivity contribution in [3.8, 4) is 0 Å². The van der Waals surface area contributed by atoms with E-state index >= 15 is 0 Å². The number of nitrogens with one attached hydrogen (secondary N) is 1. The highest BCUT2D eigenvalue weighted by Crippen LogP contribution is 2.18. The number of carbonyl (C=O) groups excluding carboxylic acids is 3. The fourth-order valence-corrected chi connectivity index (χ4v) is 3.27. The molecule has 2 amide bonds. The van der Waals surface area contributed by atoms with Crippen LogP contribution in [0.4, 0.5) is 5.69 Å². The van der Waals surface area contributed by atoms with Crippen LogP contribution in [0.3, 0.4) is 0 Å². The number of hydrogen-bond donors (Lipinski definition) is 2. The van der Waals surface area contributed by atoms with E-state index in [1.165, 1.54) is 55.5 Å². The molecule has 3 N–H and O–H groups in total. The summed E-state index contributed by atoms with van der Waals surface area (Å²) in [6.45, 7) is 0.866. The van der Waals surface area contributed by atoms with Gasteiger partial charge in [0.25, 0.3) is 5.91 Å². The van der Waals surface area contributed by atoms with Crippen LogP contribution in [0.5, 0.6) is 0 Å². The molecule has 0 saturated carbocycles. The second-order valence-electron chi connectivity index (χ2n) is 5.47. The van der Waals surface area contributed by atoms with Crippen LogP contribution < -0.4 is 11.1 Å². The largest absolute Gasteiger partial charge is 0.452 e. The fourth-order valence-electron chi connectivity index (χ4n) is 2.19. The number of rotatable bonds is 7. The van der Waals surface area contributed by atoms with Crippen LogP contribution in [0.25, 0.3) is 0 Å². The van der Waals surface area contributed by atoms with Gasteiger partial charge in [-0.2, -0.15) is 0 Å². The van der Waals surface area contributed by atoms with Gasteiger partial charge in [0.1, 0.15) is 0 Å². The van der Waals surface area contributed by atoms with Crippen LogP contribution in [0.1, 0.15) is 27.6 Å². The number of anilines is 1. The number of primary amides is 1. The molecule has 0 spiro atoms. The molecular formula is C18H18N2O6S. The number of ether oxygens (including phenoxy) is 1. The van der Waals surface area contributed by atoms with Crippen LogP contribution in [0.15, 0.2) is 53.4 Å². The van der Waals surface area contributed by atoms with Crippen molar-refractivity contribution in [2.24, 2.45) is 5.73 Å². The van der Waals surface area contributed by atoms with Gasteiger partial charge in [0, 0.05) is 11.3 Å². The van der Waals surface area contributed by atoms with E-state index in [9.17, 15) is 22.8 Å². The number of benzene rings is 2. The number of hydrogen-bond acceptors (Lipinski definition) is 6. The zero-order chi connectivity index (χ0) is 20.0. The van der Waals surface area contributed by atoms with Gasteiger partial charge in [-0.15, -0.1) is 0 Å². The van der Waals surface area contributed by atoms with Crippen LogP contribution in [-0.4, -0.2) is 38.6 Å². The topological polar surface area (TPSA) is 133 Å². The summed E-state index contributed by atoms with van der Waals surface area (Å²) in [5.41, 5.74) is 5.67. The quantitative estimate of drug-likeness (QED) is 0.686. The molecule has 0 radical (unpaired) electrons. The molecule has 9 heteroatoms. The summed E-state index contributed by atoms with van der Waals surface area (Å²) >= 11 is 0. The molecular weight excluding hydrogens is 372 g/mol. The van der Waals surface area contributed by atoms with Gasteiger partial charge in [-0.1, -0.05) is 19.1 Å². The van der Waals surface area contributed by atoms with E-state index < -0.39 is 34.2 Å². The van der Waals surface area contributed by atoms with E-state index in [1.807, 2.05) is 0 Å². The van der Waals surface area contributed by atoms with E-state index in [4.69, 9.17) is 10.5 Å². The van der Waals surface area contributed by atoms with Crippen molar-refractivity contribution in [1.29, 1.82) is 0 Å². The lowest BCUT2D eigenvalue weighted by Gasteiger charge is -2.10. The molecule has 0 aliphatic rings. The minimum atomic E-state index is -3.61. The SMILES string of the molecule is CCS(=O)(=O)c1ccccc1C(=O)OCC(=O)Nc1ccc(C(N)=O)cc1. The lowest BCUT2D eigenvalue weighted by Crippen LogP contribution is -2.22. The maximum absolute atomic E-state index is 12.2. The van der Waals surface area contributed by atoms with Crippen LogP contribution in [-0.2, 0) is 19.4 Å². The first-order valence-corrected chi connectivity index (χ1v) is 9.58. The number of sulfone groups is 1. The standard InChI is InChI=1S/C18H18N2O6S/c1-2-27(24,25)15-6-4-3-5-14(15)18(23)26-11-16(21)20-13-9-7-12(8-10-13)17(19)22/h3-10H,2,11H2,1H3,(H2,19,22)(H,20,21). The van der Waals surface area contributed by atoms with Gasteiger partial charge in [0.2, 0.25) is 5.91 Å². The molecule has 27 heavy (non-hydrogen) atoms. The number of nitrogens with two attached hydrogens (primary N) is 1. The molecule has 8 nitrogen and oxygen atoms in total. The van der Waals surface area contributed by atoms with Gasteiger partial charge in [0.05, 0.1) is 16.2 Å². The molecule has 0 aromatic heterocycles. The summed E-state index contributed by atoms with van der Waals surface area (Å²) < 4.78 is 29.0. The average molecular weight is 390 g/mol. The van der Waals surface area contributed by atoms with Gasteiger partial charge in [0.15, 0.2) is 16.4 Å². The first kappa shape index (κ1) is 20.1. The van der Waals surface area contributed by atoms with E-state index in [1.54, 1.807) is 0 Å². The van der Waals surface area contributed by atoms with Gasteiger partial charge >= 0.3 is 5.97 Å². The first-order valence-electron chi connectivity index (χ1n) is 7.93. The summed E-state index contributed by atoms with van der Waals surface area (Å²) in [4.78, 5) is 35.0. The summed E-state index contributed by atoms with van der Waals surface area (Å²) in [5.74, 6) is -2.30. The molecule has 142 valence electrons. The third-order valence-corrected chi connectivity index (χ3v) is 5.40. The zero-order valence-corrected chi connectivity index (χ0v) is 15.3. The van der Waals surface area contributed by atoms with Gasteiger partial charge in [-0.25, -0.2) is 13.2 Å². The Morgan fingerprint density at radius 1 is 1.04 bits per heavy atom. The molecule has 0 heterocycles. The summed E-state index contributed by atoms with van der Waals surface area (Å²) in [5, 5.41) is 2.48. The molecule has 0 aliphatic heterocycles. The molecule has 2 rings (SSSR count). The Morgan fingerprint density at radius 2 is 1.67 bits per heavy atom. The Bertz CT molecular complexity index is 968. The third-order valence-electron chi connectivity index (χ3n) is 3.61. The monoisotopic (exact) mass is 390 g/mol. The molecule has 0 atom stereocenters. The highest BCUT2D eigenvalue weighted by atomic mass is 32.2. The summed E-state index contributed by atoms with van der Waals surface area (Å²) in [7, 11) is -3.61. The van der Waals surface area contributed by atoms with Crippen molar-refractivity contribution in [2.75, 3.05) is 17.7 Å². The van der Waals surface area contributed by atoms with Crippen molar-refractivity contribution >= 4 is 33.3 Å². The Morgan fingerprint density at radius 3 is 2.26 bits per heavy atom. The van der Waals surface area contributed by atoms with Crippen molar-refractivity contribution < 1.29 is 27.5 Å². The predicted molar refractivity (Wildman–Crippen MR) is 98.0 cm³/mol. The molecule has 0 saturated heterocycles. The number of esters is 1. The van der Waals surface area contributed by atoms with E-state index in [0.29, 0.717) is 5.69 Å². The Labute approximate surface area is 156 Å². The van der Waals surface area contributed by atoms with Gasteiger partial charge < -0.3 is 15.8 Å². The van der Waals surface area contributed by atoms with Gasteiger partial charge in [-0.05, 0) is 36.4 Å². The molecule has 0 bridgehead atoms. The van der Waals surface area contributed by atoms with Crippen LogP contribution in [0.2, 0.25) is 0 Å². The van der Waals surface area contributed by atoms with E-state index in [2.05, 4.69) is 5.32 Å². The minimum Gasteiger partial charge on any atom is -0.452 e. The maximum atomic E-state index is 12.2. The first-order chi connectivity index (χ1) is 12.7. The molecule has 2 aromatic rings. The highest BCUT2D eigenvalue weighted by molar-refractivity contribution is 7.91. The lowest BCUT2D eigenvalue weighted by molar-refractivity contribution is -0.119. The normalized spacial score (nSPS) is 10.9. The van der Waals surface area contributed by atoms with Crippen molar-refractivity contribution in [3.63, 3.8) is 0 Å². The smallest absolute Gasteiger partial charge is 0.339 e. The Balaban J connectivity index is 2.01. The maximum Gasteiger partial charge on any atom is 0.339 e. The highest BCUT2D eigenvalue weighted by Gasteiger charge is 2.22. The van der Waals surface area contributed by atoms with Crippen LogP contribution >= 0.6 is 0 Å². The second kappa shape index (κ2) is 8.45. The summed E-state index contributed by atoms with van der Waals surface area (Å²) in [6, 6.07) is 11.5. The van der Waals surface area contributed by atoms with E-state index in [-0.39, 0.29) is 21.8 Å².